The summed E-state index contributed by atoms with van der Waals surface area (Å²) in [4.78, 5) is 24.9. The number of carbonyl (C=O) groups excluding carboxylic acids is 2. The minimum absolute atomic E-state index is 0.00687. The molecule has 10 heteroatoms. The minimum Gasteiger partial charge on any atom is -0.420 e. The van der Waals surface area contributed by atoms with Crippen molar-refractivity contribution in [2.75, 3.05) is 0 Å². The van der Waals surface area contributed by atoms with Crippen LogP contribution in [0.5, 0.6) is 5.75 Å². The van der Waals surface area contributed by atoms with E-state index in [9.17, 15) is 36.6 Å². The Bertz CT molecular complexity index is 1460. The predicted molar refractivity (Wildman–Crippen MR) is 123 cm³/mol. The Balaban J connectivity index is 1.41. The summed E-state index contributed by atoms with van der Waals surface area (Å²) in [5.41, 5.74) is -0.693. The molecule has 2 aliphatic carbocycles. The van der Waals surface area contributed by atoms with Crippen molar-refractivity contribution >= 4 is 11.8 Å². The van der Waals surface area contributed by atoms with Crippen LogP contribution in [0.4, 0.5) is 22.0 Å². The lowest BCUT2D eigenvalue weighted by Gasteiger charge is -2.28. The van der Waals surface area contributed by atoms with E-state index < -0.39 is 64.7 Å². The van der Waals surface area contributed by atoms with E-state index >= 15 is 0 Å². The topological polar surface area (TPSA) is 72.8 Å². The molecule has 0 fully saturated rings. The second-order valence-electron chi connectivity index (χ2n) is 8.34. The van der Waals surface area contributed by atoms with E-state index in [1.165, 1.54) is 24.3 Å². The predicted octanol–water partition coefficient (Wildman–Crippen LogP) is 4.01. The van der Waals surface area contributed by atoms with Gasteiger partial charge in [-0.25, -0.2) is 13.2 Å². The molecule has 0 aromatic heterocycles. The van der Waals surface area contributed by atoms with E-state index in [0.717, 1.165) is 0 Å². The Morgan fingerprint density at radius 3 is 2.24 bits per heavy atom. The lowest BCUT2D eigenvalue weighted by molar-refractivity contribution is -0.134. The van der Waals surface area contributed by atoms with E-state index in [-0.39, 0.29) is 18.6 Å². The number of ketones is 1. The number of fused-ring (bicyclic) bond motifs is 2. The van der Waals surface area contributed by atoms with Gasteiger partial charge in [-0.15, -0.1) is 0 Å². The van der Waals surface area contributed by atoms with Gasteiger partial charge >= 0.3 is 5.97 Å². The van der Waals surface area contributed by atoms with Crippen LogP contribution < -0.4 is 4.74 Å². The van der Waals surface area contributed by atoms with Gasteiger partial charge in [0.25, 0.3) is 0 Å². The molecule has 5 nitrogen and oxygen atoms in total. The van der Waals surface area contributed by atoms with Crippen LogP contribution in [0.2, 0.25) is 0 Å². The third kappa shape index (κ3) is 5.52. The zero-order valence-corrected chi connectivity index (χ0v) is 19.4. The monoisotopic (exact) mass is 528 g/mol. The van der Waals surface area contributed by atoms with E-state index in [2.05, 4.69) is 28.4 Å². The first kappa shape index (κ1) is 26.8. The van der Waals surface area contributed by atoms with E-state index in [1.54, 1.807) is 18.2 Å². The summed E-state index contributed by atoms with van der Waals surface area (Å²) < 4.78 is 77.5. The zero-order valence-electron chi connectivity index (χ0n) is 19.4. The molecule has 0 saturated heterocycles. The molecule has 0 radical (unpaired) electrons. The van der Waals surface area contributed by atoms with Crippen LogP contribution in [-0.4, -0.2) is 28.6 Å². The number of ether oxygens (including phenoxy) is 2. The third-order valence-corrected chi connectivity index (χ3v) is 5.71. The molecule has 0 spiro atoms. The van der Waals surface area contributed by atoms with Crippen LogP contribution in [0, 0.1) is 52.8 Å². The number of carbonyl (C=O) groups is 2. The van der Waals surface area contributed by atoms with Crippen molar-refractivity contribution in [3.8, 4) is 29.4 Å². The number of rotatable bonds is 6. The van der Waals surface area contributed by atoms with E-state index in [0.29, 0.717) is 17.5 Å². The molecule has 0 heterocycles. The summed E-state index contributed by atoms with van der Waals surface area (Å²) in [6, 6.07) is 6.07. The van der Waals surface area contributed by atoms with Crippen molar-refractivity contribution in [3.63, 3.8) is 0 Å². The molecule has 0 aliphatic heterocycles. The number of aliphatic hydroxyl groups is 1. The molecule has 0 amide bonds. The van der Waals surface area contributed by atoms with Crippen LogP contribution in [0.1, 0.15) is 24.0 Å². The van der Waals surface area contributed by atoms with Crippen molar-refractivity contribution < 1.29 is 46.1 Å². The fourth-order valence-corrected chi connectivity index (χ4v) is 3.73. The molecule has 4 rings (SSSR count). The number of hydrogen-bond acceptors (Lipinski definition) is 5. The van der Waals surface area contributed by atoms with Crippen molar-refractivity contribution in [2.24, 2.45) is 0 Å². The Morgan fingerprint density at radius 2 is 1.55 bits per heavy atom. The van der Waals surface area contributed by atoms with Crippen LogP contribution in [0.15, 0.2) is 48.1 Å². The molecule has 2 unspecified atom stereocenters. The van der Waals surface area contributed by atoms with Gasteiger partial charge in [-0.05, 0) is 36.1 Å². The zero-order chi connectivity index (χ0) is 27.4. The molecule has 2 bridgehead atoms. The number of benzene rings is 2. The molecule has 0 saturated carbocycles. The van der Waals surface area contributed by atoms with Gasteiger partial charge in [-0.3, -0.25) is 9.59 Å². The molecule has 1 N–H and O–H groups in total. The number of allylic oxidation sites excluding steroid dienone is 3. The summed E-state index contributed by atoms with van der Waals surface area (Å²) in [7, 11) is 0. The summed E-state index contributed by atoms with van der Waals surface area (Å²) in [6.45, 7) is -0.00687. The molecule has 2 aromatic rings. The van der Waals surface area contributed by atoms with Crippen LogP contribution >= 0.6 is 0 Å². The summed E-state index contributed by atoms with van der Waals surface area (Å²) >= 11 is 0. The molecule has 2 atom stereocenters. The van der Waals surface area contributed by atoms with Crippen LogP contribution in [0.3, 0.4) is 0 Å². The van der Waals surface area contributed by atoms with E-state index in [4.69, 9.17) is 4.74 Å². The van der Waals surface area contributed by atoms with Crippen molar-refractivity contribution in [1.29, 1.82) is 0 Å². The van der Waals surface area contributed by atoms with Crippen LogP contribution in [-0.2, 0) is 27.4 Å². The number of esters is 1. The van der Waals surface area contributed by atoms with Gasteiger partial charge in [-0.1, -0.05) is 54.0 Å². The van der Waals surface area contributed by atoms with Gasteiger partial charge in [0.1, 0.15) is 6.10 Å². The molecule has 38 heavy (non-hydrogen) atoms. The first-order chi connectivity index (χ1) is 18.1. The Hall–Kier alpha value is -4.25. The van der Waals surface area contributed by atoms with Gasteiger partial charge in [0.05, 0.1) is 13.0 Å². The Labute approximate surface area is 213 Å². The quantitative estimate of drug-likeness (QED) is 0.153. The highest BCUT2D eigenvalue weighted by molar-refractivity contribution is 6.06. The molecular formula is C28H17F5O5. The minimum atomic E-state index is -2.36. The summed E-state index contributed by atoms with van der Waals surface area (Å²) in [6.07, 6.45) is 3.66. The highest BCUT2D eigenvalue weighted by Crippen LogP contribution is 2.30. The smallest absolute Gasteiger partial charge is 0.315 e. The second-order valence-corrected chi connectivity index (χ2v) is 8.34. The van der Waals surface area contributed by atoms with Gasteiger partial charge in [0.15, 0.2) is 5.60 Å². The number of hydrogen-bond donors (Lipinski definition) is 1. The maximum atomic E-state index is 13.7. The average molecular weight is 528 g/mol. The fourth-order valence-electron chi connectivity index (χ4n) is 3.73. The molecular weight excluding hydrogens is 511 g/mol. The number of Topliss-reactive ketones (excluding diaryl/α,β-unsaturated/α-hetero) is 1. The lowest BCUT2D eigenvalue weighted by atomic mass is 9.81. The first-order valence-electron chi connectivity index (χ1n) is 11.2. The van der Waals surface area contributed by atoms with Crippen LogP contribution in [0.25, 0.3) is 0 Å². The lowest BCUT2D eigenvalue weighted by Crippen LogP contribution is -2.43. The third-order valence-electron chi connectivity index (χ3n) is 5.71. The summed E-state index contributed by atoms with van der Waals surface area (Å²) in [5, 5.41) is 10.6. The first-order valence-corrected chi connectivity index (χ1v) is 11.2. The Morgan fingerprint density at radius 1 is 0.947 bits per heavy atom. The standard InChI is InChI=1S/C28H17F5O5/c29-21-22(30)24(32)26(25(33)23(21)31)38-20(34)14-16-8-10-17(11-9-16)15-37-19-7-3-1-2-4-12-28(36)13-5-6-18(19)27(28)35/h1-2,6,8-11,19,36H,5,13-15H2/b2-1-. The van der Waals surface area contributed by atoms with Crippen molar-refractivity contribution in [3.05, 3.63) is 88.3 Å². The SMILES string of the molecule is O=C(Cc1ccc(COC2C#C/C=C\C#CC3(O)CCC=C2C3=O)cc1)Oc1c(F)c(F)c(F)c(F)c1F. The average Bonchev–Trinajstić information content (AvgIpc) is 2.90. The van der Waals surface area contributed by atoms with E-state index in [1.807, 2.05) is 0 Å². The van der Waals surface area contributed by atoms with Crippen molar-refractivity contribution in [1.82, 2.24) is 0 Å². The second kappa shape index (κ2) is 11.0. The fraction of sp³-hybridized carbons (Fsp3) is 0.214. The van der Waals surface area contributed by atoms with Crippen molar-refractivity contribution in [2.45, 2.75) is 37.6 Å². The highest BCUT2D eigenvalue weighted by Gasteiger charge is 2.40. The molecule has 194 valence electrons. The van der Waals surface area contributed by atoms with Gasteiger partial charge in [0, 0.05) is 5.57 Å². The normalized spacial score (nSPS) is 20.8. The Kier molecular flexibility index (Phi) is 7.77. The maximum Gasteiger partial charge on any atom is 0.315 e. The maximum absolute atomic E-state index is 13.7. The van der Waals surface area contributed by atoms with Gasteiger partial charge < -0.3 is 14.6 Å². The summed E-state index contributed by atoms with van der Waals surface area (Å²) in [5.74, 6) is -4.09. The largest absolute Gasteiger partial charge is 0.420 e. The molecule has 2 aromatic carbocycles. The van der Waals surface area contributed by atoms with Gasteiger partial charge in [-0.2, -0.15) is 8.78 Å². The molecule has 2 aliphatic rings. The van der Waals surface area contributed by atoms with Gasteiger partial charge in [0.2, 0.25) is 40.6 Å². The number of halogens is 5. The highest BCUT2D eigenvalue weighted by atomic mass is 19.2.